The van der Waals surface area contributed by atoms with Crippen molar-refractivity contribution in [1.29, 1.82) is 0 Å². The van der Waals surface area contributed by atoms with E-state index in [9.17, 15) is 4.79 Å². The molecule has 0 radical (unpaired) electrons. The summed E-state index contributed by atoms with van der Waals surface area (Å²) in [4.78, 5) is 15.1. The summed E-state index contributed by atoms with van der Waals surface area (Å²) in [7, 11) is 0. The van der Waals surface area contributed by atoms with Gasteiger partial charge in [-0.1, -0.05) is 11.8 Å². The number of hydrogen-bond acceptors (Lipinski definition) is 5. The van der Waals surface area contributed by atoms with E-state index >= 15 is 0 Å². The van der Waals surface area contributed by atoms with Crippen LogP contribution in [0.5, 0.6) is 0 Å². The SMILES string of the molecule is Cc1nsc(SC(C(=O)O)C2CC2)n1. The molecule has 1 aliphatic carbocycles. The van der Waals surface area contributed by atoms with Gasteiger partial charge in [0.1, 0.15) is 11.1 Å². The van der Waals surface area contributed by atoms with Crippen LogP contribution < -0.4 is 0 Å². The Labute approximate surface area is 89.9 Å². The fraction of sp³-hybridized carbons (Fsp3) is 0.625. The van der Waals surface area contributed by atoms with Crippen molar-refractivity contribution >= 4 is 29.3 Å². The molecular weight excluding hydrogens is 220 g/mol. The molecule has 0 spiro atoms. The lowest BCUT2D eigenvalue weighted by Crippen LogP contribution is -2.18. The van der Waals surface area contributed by atoms with Gasteiger partial charge in [-0.2, -0.15) is 4.37 Å². The molecular formula is C8H10N2O2S2. The Bertz CT molecular complexity index is 349. The fourth-order valence-corrected chi connectivity index (χ4v) is 3.17. The Balaban J connectivity index is 2.03. The monoisotopic (exact) mass is 230 g/mol. The minimum Gasteiger partial charge on any atom is -0.480 e. The third-order valence-corrected chi connectivity index (χ3v) is 4.28. The van der Waals surface area contributed by atoms with Crippen molar-refractivity contribution in [3.63, 3.8) is 0 Å². The van der Waals surface area contributed by atoms with Gasteiger partial charge in [0.2, 0.25) is 0 Å². The summed E-state index contributed by atoms with van der Waals surface area (Å²) in [5, 5.41) is 8.66. The van der Waals surface area contributed by atoms with Crippen molar-refractivity contribution in [2.75, 3.05) is 0 Å². The number of aliphatic carboxylic acids is 1. The number of carbonyl (C=O) groups is 1. The van der Waals surface area contributed by atoms with Crippen molar-refractivity contribution in [3.8, 4) is 0 Å². The van der Waals surface area contributed by atoms with Gasteiger partial charge in [0.15, 0.2) is 4.34 Å². The minimum atomic E-state index is -0.731. The molecule has 76 valence electrons. The number of thioether (sulfide) groups is 1. The smallest absolute Gasteiger partial charge is 0.317 e. The zero-order valence-corrected chi connectivity index (χ0v) is 9.27. The lowest BCUT2D eigenvalue weighted by Gasteiger charge is -2.06. The van der Waals surface area contributed by atoms with E-state index in [2.05, 4.69) is 9.36 Å². The molecule has 6 heteroatoms. The lowest BCUT2D eigenvalue weighted by molar-refractivity contribution is -0.136. The Kier molecular flexibility index (Phi) is 2.73. The number of hydrogen-bond donors (Lipinski definition) is 1. The van der Waals surface area contributed by atoms with Crippen molar-refractivity contribution in [2.24, 2.45) is 5.92 Å². The molecule has 1 aromatic heterocycles. The number of aromatic nitrogens is 2. The molecule has 4 nitrogen and oxygen atoms in total. The molecule has 1 atom stereocenters. The van der Waals surface area contributed by atoms with Crippen LogP contribution in [0.2, 0.25) is 0 Å². The van der Waals surface area contributed by atoms with Crippen LogP contribution in [-0.4, -0.2) is 25.7 Å². The maximum absolute atomic E-state index is 10.9. The average molecular weight is 230 g/mol. The van der Waals surface area contributed by atoms with Crippen LogP contribution in [0.3, 0.4) is 0 Å². The van der Waals surface area contributed by atoms with Crippen molar-refractivity contribution < 1.29 is 9.90 Å². The predicted molar refractivity (Wildman–Crippen MR) is 54.7 cm³/mol. The number of carboxylic acids is 1. The number of aryl methyl sites for hydroxylation is 1. The third kappa shape index (κ3) is 2.24. The second kappa shape index (κ2) is 3.86. The largest absolute Gasteiger partial charge is 0.480 e. The fourth-order valence-electron chi connectivity index (χ4n) is 1.18. The maximum Gasteiger partial charge on any atom is 0.317 e. The first-order chi connectivity index (χ1) is 6.66. The van der Waals surface area contributed by atoms with E-state index < -0.39 is 5.97 Å². The first-order valence-electron chi connectivity index (χ1n) is 4.36. The van der Waals surface area contributed by atoms with Crippen LogP contribution in [-0.2, 0) is 4.79 Å². The van der Waals surface area contributed by atoms with Gasteiger partial charge < -0.3 is 5.11 Å². The number of carboxylic acid groups (broad SMARTS) is 1. The highest BCUT2D eigenvalue weighted by atomic mass is 32.2. The van der Waals surface area contributed by atoms with Gasteiger partial charge in [0, 0.05) is 0 Å². The minimum absolute atomic E-state index is 0.331. The summed E-state index contributed by atoms with van der Waals surface area (Å²) < 4.78 is 4.79. The highest BCUT2D eigenvalue weighted by Gasteiger charge is 2.37. The molecule has 1 unspecified atom stereocenters. The quantitative estimate of drug-likeness (QED) is 0.799. The number of rotatable bonds is 4. The molecule has 0 saturated heterocycles. The molecule has 2 rings (SSSR count). The van der Waals surface area contributed by atoms with Gasteiger partial charge in [-0.15, -0.1) is 0 Å². The van der Waals surface area contributed by atoms with Crippen LogP contribution in [0.25, 0.3) is 0 Å². The van der Waals surface area contributed by atoms with E-state index in [4.69, 9.17) is 5.11 Å². The zero-order valence-electron chi connectivity index (χ0n) is 7.64. The Hall–Kier alpha value is -0.620. The molecule has 1 saturated carbocycles. The molecule has 1 fully saturated rings. The van der Waals surface area contributed by atoms with Gasteiger partial charge in [-0.25, -0.2) is 4.98 Å². The van der Waals surface area contributed by atoms with Gasteiger partial charge in [-0.3, -0.25) is 4.79 Å². The highest BCUT2D eigenvalue weighted by Crippen LogP contribution is 2.42. The van der Waals surface area contributed by atoms with Crippen molar-refractivity contribution in [2.45, 2.75) is 29.4 Å². The maximum atomic E-state index is 10.9. The summed E-state index contributed by atoms with van der Waals surface area (Å²) in [5.41, 5.74) is 0. The molecule has 1 aromatic rings. The van der Waals surface area contributed by atoms with Gasteiger partial charge in [-0.05, 0) is 37.2 Å². The molecule has 0 amide bonds. The third-order valence-electron chi connectivity index (χ3n) is 2.03. The summed E-state index contributed by atoms with van der Waals surface area (Å²) in [6.07, 6.45) is 2.06. The molecule has 0 aliphatic heterocycles. The van der Waals surface area contributed by atoms with Crippen LogP contribution >= 0.6 is 23.3 Å². The second-order valence-corrected chi connectivity index (χ2v) is 5.46. The Morgan fingerprint density at radius 2 is 2.43 bits per heavy atom. The van der Waals surface area contributed by atoms with Crippen LogP contribution in [0.1, 0.15) is 18.7 Å². The molecule has 1 aliphatic rings. The van der Waals surface area contributed by atoms with Crippen molar-refractivity contribution in [3.05, 3.63) is 5.82 Å². The van der Waals surface area contributed by atoms with E-state index in [1.807, 2.05) is 6.92 Å². The predicted octanol–water partition coefficient (Wildman–Crippen LogP) is 1.80. The number of nitrogens with zero attached hydrogens (tertiary/aromatic N) is 2. The molecule has 1 N–H and O–H groups in total. The summed E-state index contributed by atoms with van der Waals surface area (Å²) in [5.74, 6) is 0.324. The standard InChI is InChI=1S/C8H10N2O2S2/c1-4-9-8(14-10-4)13-6(7(11)12)5-2-3-5/h5-6H,2-3H2,1H3,(H,11,12). The molecule has 1 heterocycles. The van der Waals surface area contributed by atoms with E-state index in [0.29, 0.717) is 5.92 Å². The molecule has 0 bridgehead atoms. The summed E-state index contributed by atoms with van der Waals surface area (Å²) in [6, 6.07) is 0. The van der Waals surface area contributed by atoms with Gasteiger partial charge >= 0.3 is 5.97 Å². The van der Waals surface area contributed by atoms with Crippen molar-refractivity contribution in [1.82, 2.24) is 9.36 Å². The van der Waals surface area contributed by atoms with Gasteiger partial charge in [0.05, 0.1) is 0 Å². The molecule has 14 heavy (non-hydrogen) atoms. The lowest BCUT2D eigenvalue weighted by atomic mass is 10.3. The van der Waals surface area contributed by atoms with Crippen LogP contribution in [0, 0.1) is 12.8 Å². The van der Waals surface area contributed by atoms with Crippen LogP contribution in [0.4, 0.5) is 0 Å². The highest BCUT2D eigenvalue weighted by molar-refractivity contribution is 8.02. The Morgan fingerprint density at radius 3 is 2.86 bits per heavy atom. The molecule has 0 aromatic carbocycles. The first kappa shape index (κ1) is 9.92. The van der Waals surface area contributed by atoms with Gasteiger partial charge in [0.25, 0.3) is 0 Å². The van der Waals surface area contributed by atoms with E-state index in [1.54, 1.807) is 0 Å². The summed E-state index contributed by atoms with van der Waals surface area (Å²) in [6.45, 7) is 1.81. The Morgan fingerprint density at radius 1 is 1.71 bits per heavy atom. The topological polar surface area (TPSA) is 63.1 Å². The van der Waals surface area contributed by atoms with E-state index in [1.165, 1.54) is 23.3 Å². The normalized spacial score (nSPS) is 18.1. The van der Waals surface area contributed by atoms with E-state index in [-0.39, 0.29) is 5.25 Å². The zero-order chi connectivity index (χ0) is 10.1. The first-order valence-corrected chi connectivity index (χ1v) is 6.02. The van der Waals surface area contributed by atoms with E-state index in [0.717, 1.165) is 23.0 Å². The van der Waals surface area contributed by atoms with Crippen LogP contribution in [0.15, 0.2) is 4.34 Å². The summed E-state index contributed by atoms with van der Waals surface area (Å²) >= 11 is 2.61. The average Bonchev–Trinajstić information content (AvgIpc) is 2.86. The second-order valence-electron chi connectivity index (χ2n) is 3.32.